The van der Waals surface area contributed by atoms with Gasteiger partial charge in [0.15, 0.2) is 25.2 Å². The molecule has 4 N–H and O–H groups in total. The lowest BCUT2D eigenvalue weighted by Gasteiger charge is -2.28. The van der Waals surface area contributed by atoms with Crippen LogP contribution in [0.15, 0.2) is 82.6 Å². The van der Waals surface area contributed by atoms with E-state index in [0.29, 0.717) is 94.1 Å². The van der Waals surface area contributed by atoms with Gasteiger partial charge >= 0.3 is 12.4 Å². The molecule has 0 spiro atoms. The fraction of sp³-hybridized carbons (Fsp3) is 0.586. The Morgan fingerprint density at radius 1 is 0.476 bits per heavy atom. The summed E-state index contributed by atoms with van der Waals surface area (Å²) in [5.74, 6) is 0. The third-order valence-electron chi connectivity index (χ3n) is 11.4. The first-order valence-electron chi connectivity index (χ1n) is 27.3. The molecule has 0 fully saturated rings. The Morgan fingerprint density at radius 2 is 0.805 bits per heavy atom. The average Bonchev–Trinajstić information content (AvgIpc) is 3.40. The Kier molecular flexibility index (Phi) is 35.9. The number of aryl methyl sites for hydroxylation is 6. The van der Waals surface area contributed by atoms with Crippen LogP contribution < -0.4 is 15.8 Å². The summed E-state index contributed by atoms with van der Waals surface area (Å²) in [4.78, 5) is 0.515. The molecule has 82 heavy (non-hydrogen) atoms. The monoisotopic (exact) mass is 1210 g/mol. The second kappa shape index (κ2) is 38.8. The van der Waals surface area contributed by atoms with E-state index in [0.717, 1.165) is 52.1 Å². The fourth-order valence-electron chi connectivity index (χ4n) is 8.26. The van der Waals surface area contributed by atoms with E-state index in [2.05, 4.69) is 10.0 Å². The highest BCUT2D eigenvalue weighted by Crippen LogP contribution is 2.32. The lowest BCUT2D eigenvalue weighted by atomic mass is 10.1. The molecule has 16 nitrogen and oxygen atoms in total. The van der Waals surface area contributed by atoms with Crippen molar-refractivity contribution in [1.82, 2.24) is 14.3 Å². The van der Waals surface area contributed by atoms with Gasteiger partial charge < -0.3 is 48.9 Å². The summed E-state index contributed by atoms with van der Waals surface area (Å²) in [6, 6.07) is 16.9. The maximum absolute atomic E-state index is 13.7. The number of ether oxygens (including phenoxy) is 8. The molecule has 0 aliphatic rings. The average molecular weight is 1210 g/mol. The number of hydrogen-bond donors (Lipinski definition) is 3. The van der Waals surface area contributed by atoms with Crippen LogP contribution in [0.1, 0.15) is 111 Å². The van der Waals surface area contributed by atoms with E-state index in [-0.39, 0.29) is 37.1 Å². The highest BCUT2D eigenvalue weighted by molar-refractivity contribution is 7.89. The number of sulfonamides is 2. The highest BCUT2D eigenvalue weighted by Gasteiger charge is 2.33. The molecule has 4 aromatic rings. The maximum Gasteiger partial charge on any atom is 0.416 e. The van der Waals surface area contributed by atoms with Gasteiger partial charge in [-0.05, 0) is 155 Å². The van der Waals surface area contributed by atoms with Crippen molar-refractivity contribution in [3.8, 4) is 0 Å². The van der Waals surface area contributed by atoms with Crippen molar-refractivity contribution in [2.24, 2.45) is 5.73 Å². The Hall–Kier alpha value is -4.12. The van der Waals surface area contributed by atoms with Gasteiger partial charge in [-0.15, -0.1) is 0 Å². The van der Waals surface area contributed by atoms with Gasteiger partial charge in [-0.25, -0.2) is 21.6 Å². The Bertz CT molecular complexity index is 2560. The standard InChI is InChI=1S/C23H30F3NO4S.C15H25NO4S.C14H20F3NO2.C6H15NO2/c1-6-30-21(31-7-2)15-27(14-19-8-10-20(11-9-19)23(24,25)26)32(28,29)22-17(4)12-16(3)13-18(22)5;1-6-19-14(20-7-2)10-16-21(17,18)15-12(4)8-11(3)9-13(15)5;1-3-19-13(20-4-2)10-18-9-11-5-7-12(8-6-11)14(15,16)17;1-3-8-6(5-7)9-4-2/h8-13,21H,6-7,14-15H2,1-5H3;8-9,14,16H,6-7,10H2,1-5H3;5-8,13,18H,3-4,9-10H2,1-2H3;6H,3-5,7H2,1-2H3. The Labute approximate surface area is 484 Å². The second-order valence-corrected chi connectivity index (χ2v) is 21.8. The van der Waals surface area contributed by atoms with Crippen LogP contribution in [-0.4, -0.2) is 125 Å². The summed E-state index contributed by atoms with van der Waals surface area (Å²) in [7, 11) is -7.58. The van der Waals surface area contributed by atoms with Gasteiger partial charge in [-0.3, -0.25) is 0 Å². The number of rotatable bonds is 31. The number of hydrogen-bond acceptors (Lipinski definition) is 14. The first-order valence-corrected chi connectivity index (χ1v) is 30.3. The van der Waals surface area contributed by atoms with Crippen LogP contribution in [0.5, 0.6) is 0 Å². The summed E-state index contributed by atoms with van der Waals surface area (Å²) in [6.07, 6.45) is -10.7. The quantitative estimate of drug-likeness (QED) is 0.0318. The third-order valence-corrected chi connectivity index (χ3v) is 15.3. The van der Waals surface area contributed by atoms with E-state index in [4.69, 9.17) is 43.6 Å². The van der Waals surface area contributed by atoms with E-state index in [1.807, 2.05) is 67.5 Å². The number of nitrogens with zero attached hydrogens (tertiary/aromatic N) is 1. The SMILES string of the molecule is CCOC(CN(Cc1ccc(C(F)(F)F)cc1)S(=O)(=O)c1c(C)cc(C)cc1C)OCC.CCOC(CN)OCC.CCOC(CNCc1ccc(C(F)(F)F)cc1)OCC.CCOC(CNS(=O)(=O)c1c(C)cc(C)cc1C)OCC. The molecular weight excluding hydrogens is 1120 g/mol. The van der Waals surface area contributed by atoms with E-state index in [9.17, 15) is 43.2 Å². The first kappa shape index (κ1) is 75.9. The molecular formula is C58H90F6N4O12S2. The van der Waals surface area contributed by atoms with Crippen molar-refractivity contribution in [3.05, 3.63) is 128 Å². The molecule has 0 aliphatic heterocycles. The van der Waals surface area contributed by atoms with Crippen molar-refractivity contribution < 1.29 is 81.1 Å². The minimum atomic E-state index is -4.46. The van der Waals surface area contributed by atoms with Gasteiger partial charge in [0.1, 0.15) is 0 Å². The van der Waals surface area contributed by atoms with Gasteiger partial charge in [0.25, 0.3) is 0 Å². The van der Waals surface area contributed by atoms with Gasteiger partial charge in [-0.1, -0.05) is 59.7 Å². The van der Waals surface area contributed by atoms with Crippen LogP contribution in [0.3, 0.4) is 0 Å². The summed E-state index contributed by atoms with van der Waals surface area (Å²) >= 11 is 0. The molecule has 0 atom stereocenters. The number of alkyl halides is 6. The highest BCUT2D eigenvalue weighted by atomic mass is 32.2. The molecule has 24 heteroatoms. The van der Waals surface area contributed by atoms with Crippen LogP contribution in [0.4, 0.5) is 26.3 Å². The number of nitrogens with two attached hydrogens (primary N) is 1. The van der Waals surface area contributed by atoms with Crippen LogP contribution in [0.2, 0.25) is 0 Å². The van der Waals surface area contributed by atoms with Crippen molar-refractivity contribution >= 4 is 20.0 Å². The van der Waals surface area contributed by atoms with E-state index >= 15 is 0 Å². The van der Waals surface area contributed by atoms with Gasteiger partial charge in [0, 0.05) is 79.0 Å². The van der Waals surface area contributed by atoms with Crippen LogP contribution >= 0.6 is 0 Å². The van der Waals surface area contributed by atoms with E-state index in [1.165, 1.54) is 28.6 Å². The smallest absolute Gasteiger partial charge is 0.352 e. The van der Waals surface area contributed by atoms with E-state index in [1.54, 1.807) is 53.7 Å². The third kappa shape index (κ3) is 27.7. The topological polar surface area (TPSA) is 195 Å². The number of nitrogens with one attached hydrogen (secondary N) is 2. The predicted octanol–water partition coefficient (Wildman–Crippen LogP) is 11.0. The largest absolute Gasteiger partial charge is 0.416 e. The zero-order chi connectivity index (χ0) is 62.3. The van der Waals surface area contributed by atoms with Crippen molar-refractivity contribution in [3.63, 3.8) is 0 Å². The van der Waals surface area contributed by atoms with Crippen molar-refractivity contribution in [1.29, 1.82) is 0 Å². The molecule has 0 unspecified atom stereocenters. The molecule has 468 valence electrons. The zero-order valence-electron chi connectivity index (χ0n) is 50.1. The number of halogens is 6. The molecule has 0 bridgehead atoms. The summed E-state index contributed by atoms with van der Waals surface area (Å²) < 4.78 is 175. The molecule has 0 saturated heterocycles. The van der Waals surface area contributed by atoms with Gasteiger partial charge in [-0.2, -0.15) is 30.6 Å². The minimum absolute atomic E-state index is 0.0940. The Morgan fingerprint density at radius 3 is 1.16 bits per heavy atom. The van der Waals surface area contributed by atoms with Crippen LogP contribution in [-0.2, 0) is 83.4 Å². The normalized spacial score (nSPS) is 12.2. The molecule has 4 aromatic carbocycles. The molecule has 0 amide bonds. The summed E-state index contributed by atoms with van der Waals surface area (Å²) in [5, 5.41) is 3.10. The lowest BCUT2D eigenvalue weighted by Crippen LogP contribution is -2.40. The molecule has 0 heterocycles. The van der Waals surface area contributed by atoms with Gasteiger partial charge in [0.2, 0.25) is 20.0 Å². The lowest BCUT2D eigenvalue weighted by molar-refractivity contribution is -0.141. The maximum atomic E-state index is 13.7. The van der Waals surface area contributed by atoms with E-state index < -0.39 is 56.1 Å². The summed E-state index contributed by atoms with van der Waals surface area (Å²) in [5.41, 5.74) is 9.75. The summed E-state index contributed by atoms with van der Waals surface area (Å²) in [6.45, 7) is 31.0. The predicted molar refractivity (Wildman–Crippen MR) is 306 cm³/mol. The zero-order valence-corrected chi connectivity index (χ0v) is 51.8. The molecule has 0 radical (unpaired) electrons. The van der Waals surface area contributed by atoms with Crippen molar-refractivity contribution in [2.45, 2.75) is 157 Å². The molecule has 0 aromatic heterocycles. The molecule has 4 rings (SSSR count). The Balaban J connectivity index is 0.000000589. The van der Waals surface area contributed by atoms with Crippen LogP contribution in [0, 0.1) is 41.5 Å². The molecule has 0 aliphatic carbocycles. The van der Waals surface area contributed by atoms with Crippen molar-refractivity contribution in [2.75, 3.05) is 79.0 Å². The first-order chi connectivity index (χ1) is 38.5. The second-order valence-electron chi connectivity index (χ2n) is 18.2. The number of benzene rings is 4. The van der Waals surface area contributed by atoms with Crippen LogP contribution in [0.25, 0.3) is 0 Å². The molecule has 0 saturated carbocycles. The van der Waals surface area contributed by atoms with Gasteiger partial charge in [0.05, 0.1) is 34.0 Å². The minimum Gasteiger partial charge on any atom is -0.352 e. The fourth-order valence-corrected chi connectivity index (χ4v) is 11.6.